The third-order valence-electron chi connectivity index (χ3n) is 11.9. The molecule has 0 aliphatic heterocycles. The van der Waals surface area contributed by atoms with Crippen LogP contribution < -0.4 is 0 Å². The fourth-order valence-corrected chi connectivity index (χ4v) is 9.14. The predicted octanol–water partition coefficient (Wildman–Crippen LogP) is 13.9. The van der Waals surface area contributed by atoms with Crippen LogP contribution in [0.25, 0.3) is 99.6 Å². The van der Waals surface area contributed by atoms with Crippen LogP contribution in [-0.2, 0) is 12.8 Å². The summed E-state index contributed by atoms with van der Waals surface area (Å²) in [5.74, 6) is 0.660. The third-order valence-corrected chi connectivity index (χ3v) is 11.9. The van der Waals surface area contributed by atoms with Crippen molar-refractivity contribution in [3.8, 4) is 34.2 Å². The molecule has 5 nitrogen and oxygen atoms in total. The van der Waals surface area contributed by atoms with Crippen molar-refractivity contribution in [3.63, 3.8) is 0 Å². The maximum atomic E-state index is 5.36. The van der Waals surface area contributed by atoms with Crippen LogP contribution in [0, 0.1) is 6.92 Å². The first kappa shape index (κ1) is 35.1. The SMILES string of the molecule is CCCc1ccc2c(c1)c1cc3c(cc1n2-c1ccc2nc4ccc(C)cc4cc2c1)c1cc(CCC)ccc1n3-c1nc(-c2ccccc2)cc(-c2ccccc2)n1. The third kappa shape index (κ3) is 5.96. The standard InChI is InChI=1S/C54H43N5/c1-4-12-35-19-24-50-42(27-35)44-32-53-45(31-52(44)58(50)41-21-23-47-40(30-41)29-39-26-34(3)18-22-46(39)55-47)43-28-36(13-5-2)20-25-51(43)59(53)54-56-48(37-14-8-6-9-15-37)33-49(57-54)38-16-10-7-11-17-38/h6-11,14-33H,4-5,12-13H2,1-3H3. The minimum atomic E-state index is 0.660. The number of aromatic nitrogens is 5. The number of fused-ring (bicyclic) bond motifs is 8. The molecule has 0 saturated heterocycles. The molecule has 0 aliphatic rings. The molecule has 7 aromatic carbocycles. The second-order valence-electron chi connectivity index (χ2n) is 16.0. The molecule has 0 unspecified atom stereocenters. The first-order valence-corrected chi connectivity index (χ1v) is 20.9. The Bertz CT molecular complexity index is 3350. The molecule has 0 bridgehead atoms. The van der Waals surface area contributed by atoms with Gasteiger partial charge >= 0.3 is 0 Å². The molecule has 59 heavy (non-hydrogen) atoms. The highest BCUT2D eigenvalue weighted by Gasteiger charge is 2.22. The Morgan fingerprint density at radius 1 is 0.424 bits per heavy atom. The molecule has 0 amide bonds. The summed E-state index contributed by atoms with van der Waals surface area (Å²) in [6.45, 7) is 6.64. The zero-order chi connectivity index (χ0) is 39.6. The molecule has 0 spiro atoms. The van der Waals surface area contributed by atoms with E-state index in [0.29, 0.717) is 5.95 Å². The summed E-state index contributed by atoms with van der Waals surface area (Å²) in [6.07, 6.45) is 4.22. The maximum Gasteiger partial charge on any atom is 0.235 e. The minimum absolute atomic E-state index is 0.660. The van der Waals surface area contributed by atoms with Crippen molar-refractivity contribution < 1.29 is 0 Å². The average molecular weight is 762 g/mol. The Kier molecular flexibility index (Phi) is 8.37. The molecule has 0 N–H and O–H groups in total. The molecular formula is C54H43N5. The van der Waals surface area contributed by atoms with Crippen LogP contribution in [0.1, 0.15) is 43.4 Å². The summed E-state index contributed by atoms with van der Waals surface area (Å²) in [7, 11) is 0. The van der Waals surface area contributed by atoms with Crippen molar-refractivity contribution in [3.05, 3.63) is 174 Å². The van der Waals surface area contributed by atoms with Gasteiger partial charge in [0.15, 0.2) is 0 Å². The van der Waals surface area contributed by atoms with E-state index < -0.39 is 0 Å². The number of nitrogens with zero attached hydrogens (tertiary/aromatic N) is 5. The minimum Gasteiger partial charge on any atom is -0.309 e. The largest absolute Gasteiger partial charge is 0.309 e. The van der Waals surface area contributed by atoms with Gasteiger partial charge in [-0.1, -0.05) is 111 Å². The monoisotopic (exact) mass is 761 g/mol. The molecule has 0 saturated carbocycles. The summed E-state index contributed by atoms with van der Waals surface area (Å²) in [5.41, 5.74) is 15.5. The Labute approximate surface area is 343 Å². The van der Waals surface area contributed by atoms with Gasteiger partial charge in [0.05, 0.1) is 44.5 Å². The Morgan fingerprint density at radius 3 is 1.54 bits per heavy atom. The highest BCUT2D eigenvalue weighted by Crippen LogP contribution is 2.41. The van der Waals surface area contributed by atoms with Crippen LogP contribution in [0.2, 0.25) is 0 Å². The van der Waals surface area contributed by atoms with Gasteiger partial charge < -0.3 is 4.57 Å². The Morgan fingerprint density at radius 2 is 0.949 bits per heavy atom. The zero-order valence-corrected chi connectivity index (χ0v) is 33.6. The maximum absolute atomic E-state index is 5.36. The molecular weight excluding hydrogens is 719 g/mol. The molecule has 0 fully saturated rings. The van der Waals surface area contributed by atoms with Gasteiger partial charge in [-0.2, -0.15) is 0 Å². The van der Waals surface area contributed by atoms with E-state index in [4.69, 9.17) is 15.0 Å². The van der Waals surface area contributed by atoms with Crippen LogP contribution in [0.3, 0.4) is 0 Å². The molecule has 4 heterocycles. The van der Waals surface area contributed by atoms with Gasteiger partial charge in [0.25, 0.3) is 0 Å². The number of rotatable bonds is 8. The number of aryl methyl sites for hydroxylation is 3. The van der Waals surface area contributed by atoms with E-state index in [1.165, 1.54) is 49.3 Å². The quantitative estimate of drug-likeness (QED) is 0.145. The summed E-state index contributed by atoms with van der Waals surface area (Å²) in [6, 6.07) is 57.3. The van der Waals surface area contributed by atoms with Gasteiger partial charge in [0, 0.05) is 49.1 Å². The topological polar surface area (TPSA) is 48.5 Å². The highest BCUT2D eigenvalue weighted by atomic mass is 15.2. The first-order valence-electron chi connectivity index (χ1n) is 20.9. The fraction of sp³-hybridized carbons (Fsp3) is 0.130. The van der Waals surface area contributed by atoms with E-state index >= 15 is 0 Å². The number of hydrogen-bond donors (Lipinski definition) is 0. The van der Waals surface area contributed by atoms with E-state index in [1.807, 2.05) is 0 Å². The molecule has 5 heteroatoms. The molecule has 11 aromatic rings. The number of benzene rings is 7. The number of pyridine rings is 1. The van der Waals surface area contributed by atoms with Gasteiger partial charge in [-0.15, -0.1) is 0 Å². The van der Waals surface area contributed by atoms with Crippen molar-refractivity contribution in [1.82, 2.24) is 24.1 Å². The van der Waals surface area contributed by atoms with Gasteiger partial charge in [-0.3, -0.25) is 4.57 Å². The van der Waals surface area contributed by atoms with Crippen LogP contribution >= 0.6 is 0 Å². The van der Waals surface area contributed by atoms with Crippen LogP contribution in [-0.4, -0.2) is 24.1 Å². The fourth-order valence-electron chi connectivity index (χ4n) is 9.14. The summed E-state index contributed by atoms with van der Waals surface area (Å²) >= 11 is 0. The van der Waals surface area contributed by atoms with E-state index in [9.17, 15) is 0 Å². The summed E-state index contributed by atoms with van der Waals surface area (Å²) in [4.78, 5) is 15.8. The highest BCUT2D eigenvalue weighted by molar-refractivity contribution is 6.19. The molecule has 0 aliphatic carbocycles. The second-order valence-corrected chi connectivity index (χ2v) is 16.0. The first-order chi connectivity index (χ1) is 29.0. The molecule has 4 aromatic heterocycles. The van der Waals surface area contributed by atoms with Gasteiger partial charge in [0.1, 0.15) is 0 Å². The van der Waals surface area contributed by atoms with E-state index in [1.54, 1.807) is 0 Å². The predicted molar refractivity (Wildman–Crippen MR) is 247 cm³/mol. The zero-order valence-electron chi connectivity index (χ0n) is 33.6. The van der Waals surface area contributed by atoms with Crippen molar-refractivity contribution in [2.45, 2.75) is 46.5 Å². The lowest BCUT2D eigenvalue weighted by Gasteiger charge is -2.12. The molecule has 0 radical (unpaired) electrons. The molecule has 284 valence electrons. The van der Waals surface area contributed by atoms with Crippen molar-refractivity contribution >= 4 is 65.4 Å². The average Bonchev–Trinajstić information content (AvgIpc) is 3.76. The summed E-state index contributed by atoms with van der Waals surface area (Å²) < 4.78 is 4.76. The van der Waals surface area contributed by atoms with Crippen molar-refractivity contribution in [1.29, 1.82) is 0 Å². The van der Waals surface area contributed by atoms with Crippen LogP contribution in [0.15, 0.2) is 158 Å². The van der Waals surface area contributed by atoms with Crippen molar-refractivity contribution in [2.24, 2.45) is 0 Å². The summed E-state index contributed by atoms with van der Waals surface area (Å²) in [5, 5.41) is 7.13. The lowest BCUT2D eigenvalue weighted by Crippen LogP contribution is -2.04. The van der Waals surface area contributed by atoms with Gasteiger partial charge in [-0.05, 0) is 110 Å². The normalized spacial score (nSPS) is 11.9. The Balaban J connectivity index is 1.23. The lowest BCUT2D eigenvalue weighted by atomic mass is 10.0. The Hall–Kier alpha value is -7.11. The van der Waals surface area contributed by atoms with Crippen LogP contribution in [0.5, 0.6) is 0 Å². The van der Waals surface area contributed by atoms with E-state index in [2.05, 4.69) is 188 Å². The van der Waals surface area contributed by atoms with Crippen molar-refractivity contribution in [2.75, 3.05) is 0 Å². The van der Waals surface area contributed by atoms with E-state index in [0.717, 1.165) is 86.7 Å². The van der Waals surface area contributed by atoms with Gasteiger partial charge in [-0.25, -0.2) is 15.0 Å². The second kappa shape index (κ2) is 14.1. The van der Waals surface area contributed by atoms with Gasteiger partial charge in [0.2, 0.25) is 5.95 Å². The van der Waals surface area contributed by atoms with Crippen LogP contribution in [0.4, 0.5) is 0 Å². The molecule has 11 rings (SSSR count). The smallest absolute Gasteiger partial charge is 0.235 e. The number of hydrogen-bond acceptors (Lipinski definition) is 3. The lowest BCUT2D eigenvalue weighted by molar-refractivity contribution is 0.923. The molecule has 0 atom stereocenters. The van der Waals surface area contributed by atoms with E-state index in [-0.39, 0.29) is 0 Å².